The number of amides is 2. The Bertz CT molecular complexity index is 1020. The first-order valence-electron chi connectivity index (χ1n) is 10.1. The van der Waals surface area contributed by atoms with Crippen LogP contribution in [0.4, 0.5) is 11.4 Å². The van der Waals surface area contributed by atoms with Gasteiger partial charge in [-0.1, -0.05) is 13.0 Å². The van der Waals surface area contributed by atoms with E-state index in [0.29, 0.717) is 36.6 Å². The molecule has 10 nitrogen and oxygen atoms in total. The molecule has 1 unspecified atom stereocenters. The van der Waals surface area contributed by atoms with E-state index in [1.807, 2.05) is 12.1 Å². The fourth-order valence-electron chi connectivity index (χ4n) is 3.43. The number of nitro groups is 1. The average molecular weight is 443 g/mol. The van der Waals surface area contributed by atoms with Crippen molar-refractivity contribution >= 4 is 23.2 Å². The second kappa shape index (κ2) is 9.99. The molecule has 0 fully saturated rings. The van der Waals surface area contributed by atoms with Gasteiger partial charge in [0.2, 0.25) is 5.91 Å². The number of benzene rings is 2. The van der Waals surface area contributed by atoms with Crippen LogP contribution in [0.5, 0.6) is 17.2 Å². The van der Waals surface area contributed by atoms with Crippen molar-refractivity contribution in [2.45, 2.75) is 25.9 Å². The number of carbonyl (C=O) groups excluding carboxylic acids is 2. The van der Waals surface area contributed by atoms with E-state index >= 15 is 0 Å². The smallest absolute Gasteiger partial charge is 0.271 e. The SMILES string of the molecule is CCC1Oc2ccc([N+](=O)[O-])cc2N(CC(=O)NCCc2ccc(OC)c(OC)c2)C1=O. The van der Waals surface area contributed by atoms with Crippen LogP contribution in [0.2, 0.25) is 0 Å². The van der Waals surface area contributed by atoms with Gasteiger partial charge in [-0.3, -0.25) is 24.6 Å². The highest BCUT2D eigenvalue weighted by Gasteiger charge is 2.35. The van der Waals surface area contributed by atoms with E-state index < -0.39 is 16.9 Å². The molecule has 1 heterocycles. The zero-order valence-electron chi connectivity index (χ0n) is 18.1. The Hall–Kier alpha value is -3.82. The van der Waals surface area contributed by atoms with Gasteiger partial charge in [0.05, 0.1) is 24.8 Å². The maximum Gasteiger partial charge on any atom is 0.271 e. The molecule has 1 atom stereocenters. The average Bonchev–Trinajstić information content (AvgIpc) is 2.80. The molecule has 10 heteroatoms. The first-order chi connectivity index (χ1) is 15.4. The Morgan fingerprint density at radius 2 is 1.94 bits per heavy atom. The summed E-state index contributed by atoms with van der Waals surface area (Å²) < 4.78 is 16.1. The Morgan fingerprint density at radius 3 is 2.59 bits per heavy atom. The third-order valence-corrected chi connectivity index (χ3v) is 5.11. The Morgan fingerprint density at radius 1 is 1.19 bits per heavy atom. The van der Waals surface area contributed by atoms with Crippen LogP contribution in [-0.2, 0) is 16.0 Å². The molecule has 170 valence electrons. The lowest BCUT2D eigenvalue weighted by Crippen LogP contribution is -2.49. The van der Waals surface area contributed by atoms with Gasteiger partial charge in [0.25, 0.3) is 11.6 Å². The van der Waals surface area contributed by atoms with Crippen LogP contribution >= 0.6 is 0 Å². The molecule has 0 spiro atoms. The van der Waals surface area contributed by atoms with Gasteiger partial charge in [-0.2, -0.15) is 0 Å². The minimum Gasteiger partial charge on any atom is -0.493 e. The van der Waals surface area contributed by atoms with Crippen LogP contribution < -0.4 is 24.4 Å². The molecule has 2 aromatic carbocycles. The summed E-state index contributed by atoms with van der Waals surface area (Å²) in [5, 5.41) is 13.9. The molecule has 2 amide bonds. The number of carbonyl (C=O) groups is 2. The molecule has 1 N–H and O–H groups in total. The number of anilines is 1. The first kappa shape index (κ1) is 22.9. The van der Waals surface area contributed by atoms with E-state index in [-0.39, 0.29) is 23.8 Å². The lowest BCUT2D eigenvalue weighted by atomic mass is 10.1. The number of rotatable bonds is 9. The van der Waals surface area contributed by atoms with Crippen LogP contribution in [0.1, 0.15) is 18.9 Å². The summed E-state index contributed by atoms with van der Waals surface area (Å²) in [6, 6.07) is 9.50. The Labute approximate surface area is 185 Å². The molecule has 1 aliphatic heterocycles. The molecule has 1 aliphatic rings. The van der Waals surface area contributed by atoms with Crippen LogP contribution in [-0.4, -0.2) is 50.2 Å². The molecule has 2 aromatic rings. The molecule has 0 radical (unpaired) electrons. The number of nitro benzene ring substituents is 1. The van der Waals surface area contributed by atoms with Crippen molar-refractivity contribution in [2.75, 3.05) is 32.2 Å². The van der Waals surface area contributed by atoms with E-state index in [9.17, 15) is 19.7 Å². The van der Waals surface area contributed by atoms with Gasteiger partial charge < -0.3 is 19.5 Å². The lowest BCUT2D eigenvalue weighted by Gasteiger charge is -2.33. The summed E-state index contributed by atoms with van der Waals surface area (Å²) in [5.41, 5.74) is 0.968. The number of nitrogens with one attached hydrogen (secondary N) is 1. The highest BCUT2D eigenvalue weighted by atomic mass is 16.6. The number of methoxy groups -OCH3 is 2. The second-order valence-corrected chi connectivity index (χ2v) is 7.14. The highest BCUT2D eigenvalue weighted by Crippen LogP contribution is 2.37. The second-order valence-electron chi connectivity index (χ2n) is 7.14. The van der Waals surface area contributed by atoms with E-state index in [1.165, 1.54) is 23.1 Å². The predicted octanol–water partition coefficient (Wildman–Crippen LogP) is 2.47. The molecule has 0 aliphatic carbocycles. The number of hydrogen-bond acceptors (Lipinski definition) is 7. The summed E-state index contributed by atoms with van der Waals surface area (Å²) in [7, 11) is 3.11. The van der Waals surface area contributed by atoms with Crippen molar-refractivity contribution in [3.63, 3.8) is 0 Å². The monoisotopic (exact) mass is 443 g/mol. The summed E-state index contributed by atoms with van der Waals surface area (Å²) in [4.78, 5) is 37.2. The van der Waals surface area contributed by atoms with E-state index in [1.54, 1.807) is 27.2 Å². The fourth-order valence-corrected chi connectivity index (χ4v) is 3.43. The summed E-state index contributed by atoms with van der Waals surface area (Å²) in [5.74, 6) is 0.757. The molecular formula is C22H25N3O7. The van der Waals surface area contributed by atoms with Gasteiger partial charge in [-0.05, 0) is 36.6 Å². The fraction of sp³-hybridized carbons (Fsp3) is 0.364. The number of hydrogen-bond donors (Lipinski definition) is 1. The van der Waals surface area contributed by atoms with E-state index in [2.05, 4.69) is 5.32 Å². The van der Waals surface area contributed by atoms with Gasteiger partial charge in [-0.25, -0.2) is 0 Å². The third-order valence-electron chi connectivity index (χ3n) is 5.11. The summed E-state index contributed by atoms with van der Waals surface area (Å²) >= 11 is 0. The van der Waals surface area contributed by atoms with Crippen LogP contribution in [0.25, 0.3) is 0 Å². The zero-order chi connectivity index (χ0) is 23.3. The Kier molecular flexibility index (Phi) is 7.14. The molecule has 0 saturated heterocycles. The zero-order valence-corrected chi connectivity index (χ0v) is 18.1. The van der Waals surface area contributed by atoms with Crippen molar-refractivity contribution in [3.8, 4) is 17.2 Å². The van der Waals surface area contributed by atoms with Crippen LogP contribution in [0.3, 0.4) is 0 Å². The predicted molar refractivity (Wildman–Crippen MR) is 116 cm³/mol. The molecule has 0 aromatic heterocycles. The Balaban J connectivity index is 1.68. The van der Waals surface area contributed by atoms with Crippen molar-refractivity contribution in [1.29, 1.82) is 0 Å². The van der Waals surface area contributed by atoms with E-state index in [0.717, 1.165) is 5.56 Å². The maximum atomic E-state index is 12.8. The van der Waals surface area contributed by atoms with Crippen LogP contribution in [0, 0.1) is 10.1 Å². The first-order valence-corrected chi connectivity index (χ1v) is 10.1. The third kappa shape index (κ3) is 4.90. The molecule has 0 bridgehead atoms. The standard InChI is InChI=1S/C22H25N3O7/c1-4-17-22(27)24(16-12-15(25(28)29)6-8-18(16)32-17)13-21(26)23-10-9-14-5-7-19(30-2)20(11-14)31-3/h5-8,11-12,17H,4,9-10,13H2,1-3H3,(H,23,26). The van der Waals surface area contributed by atoms with Gasteiger partial charge in [0, 0.05) is 18.7 Å². The molecular weight excluding hydrogens is 418 g/mol. The highest BCUT2D eigenvalue weighted by molar-refractivity contribution is 6.04. The van der Waals surface area contributed by atoms with Gasteiger partial charge in [0.1, 0.15) is 12.3 Å². The number of nitrogens with zero attached hydrogens (tertiary/aromatic N) is 2. The molecule has 0 saturated carbocycles. The minimum atomic E-state index is -0.747. The van der Waals surface area contributed by atoms with Crippen molar-refractivity contribution in [3.05, 3.63) is 52.1 Å². The normalized spacial score (nSPS) is 14.9. The molecule has 32 heavy (non-hydrogen) atoms. The lowest BCUT2D eigenvalue weighted by molar-refractivity contribution is -0.384. The maximum absolute atomic E-state index is 12.8. The van der Waals surface area contributed by atoms with Crippen molar-refractivity contribution in [1.82, 2.24) is 5.32 Å². The van der Waals surface area contributed by atoms with Crippen molar-refractivity contribution < 1.29 is 28.7 Å². The van der Waals surface area contributed by atoms with Gasteiger partial charge >= 0.3 is 0 Å². The number of non-ortho nitro benzene ring substituents is 1. The summed E-state index contributed by atoms with van der Waals surface area (Å²) in [6.45, 7) is 1.87. The number of ether oxygens (including phenoxy) is 3. The largest absolute Gasteiger partial charge is 0.493 e. The van der Waals surface area contributed by atoms with Crippen molar-refractivity contribution in [2.24, 2.45) is 0 Å². The topological polar surface area (TPSA) is 120 Å². The quantitative estimate of drug-likeness (QED) is 0.467. The van der Waals surface area contributed by atoms with Crippen LogP contribution in [0.15, 0.2) is 36.4 Å². The minimum absolute atomic E-state index is 0.186. The van der Waals surface area contributed by atoms with Gasteiger partial charge in [0.15, 0.2) is 17.6 Å². The van der Waals surface area contributed by atoms with E-state index in [4.69, 9.17) is 14.2 Å². The number of fused-ring (bicyclic) bond motifs is 1. The van der Waals surface area contributed by atoms with Gasteiger partial charge in [-0.15, -0.1) is 0 Å². The summed E-state index contributed by atoms with van der Waals surface area (Å²) in [6.07, 6.45) is 0.207. The molecule has 3 rings (SSSR count).